The molecule has 0 aliphatic rings. The second-order valence-corrected chi connectivity index (χ2v) is 6.60. The SMILES string of the molecule is CCOc1ccccc1OCC(O)CN(C)Cc1ccc(OCCO)c(OC)c1. The Kier molecular flexibility index (Phi) is 9.56. The zero-order valence-corrected chi connectivity index (χ0v) is 17.3. The van der Waals surface area contributed by atoms with Crippen LogP contribution >= 0.6 is 0 Å². The van der Waals surface area contributed by atoms with Crippen LogP contribution in [0.4, 0.5) is 0 Å². The van der Waals surface area contributed by atoms with E-state index in [2.05, 4.69) is 0 Å². The first-order valence-corrected chi connectivity index (χ1v) is 9.69. The number of ether oxygens (including phenoxy) is 4. The molecule has 0 saturated heterocycles. The minimum Gasteiger partial charge on any atom is -0.493 e. The standard InChI is InChI=1S/C22H31NO6/c1-4-27-19-7-5-6-8-20(19)29-16-18(25)15-23(2)14-17-9-10-21(28-12-11-24)22(13-17)26-3/h5-10,13,18,24-25H,4,11-12,14-16H2,1-3H3. The Morgan fingerprint density at radius 2 is 1.66 bits per heavy atom. The van der Waals surface area contributed by atoms with Gasteiger partial charge in [-0.3, -0.25) is 4.90 Å². The van der Waals surface area contributed by atoms with Gasteiger partial charge in [0.1, 0.15) is 19.3 Å². The van der Waals surface area contributed by atoms with Crippen LogP contribution in [0.1, 0.15) is 12.5 Å². The van der Waals surface area contributed by atoms with Gasteiger partial charge in [0, 0.05) is 13.1 Å². The molecule has 160 valence electrons. The summed E-state index contributed by atoms with van der Waals surface area (Å²) in [6, 6.07) is 13.1. The molecule has 2 rings (SSSR count). The van der Waals surface area contributed by atoms with Gasteiger partial charge in [-0.2, -0.15) is 0 Å². The number of nitrogens with zero attached hydrogens (tertiary/aromatic N) is 1. The lowest BCUT2D eigenvalue weighted by Gasteiger charge is -2.22. The first kappa shape index (κ1) is 22.8. The summed E-state index contributed by atoms with van der Waals surface area (Å²) in [6.45, 7) is 3.88. The molecule has 0 bridgehead atoms. The van der Waals surface area contributed by atoms with E-state index in [4.69, 9.17) is 24.1 Å². The second kappa shape index (κ2) is 12.2. The van der Waals surface area contributed by atoms with Crippen LogP contribution in [0.3, 0.4) is 0 Å². The first-order chi connectivity index (χ1) is 14.1. The van der Waals surface area contributed by atoms with E-state index in [1.54, 1.807) is 7.11 Å². The molecule has 0 aliphatic carbocycles. The van der Waals surface area contributed by atoms with E-state index >= 15 is 0 Å². The molecule has 29 heavy (non-hydrogen) atoms. The van der Waals surface area contributed by atoms with Gasteiger partial charge in [0.2, 0.25) is 0 Å². The van der Waals surface area contributed by atoms with Crippen molar-refractivity contribution < 1.29 is 29.2 Å². The maximum absolute atomic E-state index is 10.3. The topological polar surface area (TPSA) is 80.6 Å². The molecule has 7 nitrogen and oxygen atoms in total. The van der Waals surface area contributed by atoms with E-state index in [1.165, 1.54) is 0 Å². The number of hydrogen-bond acceptors (Lipinski definition) is 7. The fraction of sp³-hybridized carbons (Fsp3) is 0.455. The smallest absolute Gasteiger partial charge is 0.161 e. The van der Waals surface area contributed by atoms with Gasteiger partial charge in [-0.15, -0.1) is 0 Å². The summed E-state index contributed by atoms with van der Waals surface area (Å²) in [5.41, 5.74) is 1.02. The highest BCUT2D eigenvalue weighted by molar-refractivity contribution is 5.43. The van der Waals surface area contributed by atoms with Crippen LogP contribution in [0.15, 0.2) is 42.5 Å². The van der Waals surface area contributed by atoms with Gasteiger partial charge in [-0.05, 0) is 43.8 Å². The average Bonchev–Trinajstić information content (AvgIpc) is 2.72. The molecule has 0 spiro atoms. The normalized spacial score (nSPS) is 11.9. The number of likely N-dealkylation sites (N-methyl/N-ethyl adjacent to an activating group) is 1. The lowest BCUT2D eigenvalue weighted by molar-refractivity contribution is 0.0730. The maximum atomic E-state index is 10.3. The van der Waals surface area contributed by atoms with Crippen molar-refractivity contribution in [3.8, 4) is 23.0 Å². The van der Waals surface area contributed by atoms with Crippen molar-refractivity contribution in [3.05, 3.63) is 48.0 Å². The van der Waals surface area contributed by atoms with Gasteiger partial charge in [-0.1, -0.05) is 18.2 Å². The van der Waals surface area contributed by atoms with Crippen molar-refractivity contribution in [2.24, 2.45) is 0 Å². The lowest BCUT2D eigenvalue weighted by Crippen LogP contribution is -2.32. The number of rotatable bonds is 13. The summed E-state index contributed by atoms with van der Waals surface area (Å²) in [6.07, 6.45) is -0.649. The predicted molar refractivity (Wildman–Crippen MR) is 111 cm³/mol. The maximum Gasteiger partial charge on any atom is 0.161 e. The van der Waals surface area contributed by atoms with Crippen molar-refractivity contribution in [2.75, 3.05) is 47.1 Å². The fourth-order valence-corrected chi connectivity index (χ4v) is 2.90. The molecular formula is C22H31NO6. The average molecular weight is 405 g/mol. The molecule has 2 N–H and O–H groups in total. The minimum atomic E-state index is -0.649. The number of methoxy groups -OCH3 is 1. The molecule has 0 radical (unpaired) electrons. The monoisotopic (exact) mass is 405 g/mol. The Morgan fingerprint density at radius 3 is 2.31 bits per heavy atom. The highest BCUT2D eigenvalue weighted by Gasteiger charge is 2.13. The van der Waals surface area contributed by atoms with Crippen molar-refractivity contribution in [3.63, 3.8) is 0 Å². The molecule has 0 amide bonds. The lowest BCUT2D eigenvalue weighted by atomic mass is 10.2. The van der Waals surface area contributed by atoms with E-state index in [0.717, 1.165) is 5.56 Å². The summed E-state index contributed by atoms with van der Waals surface area (Å²) in [7, 11) is 3.51. The molecular weight excluding hydrogens is 374 g/mol. The predicted octanol–water partition coefficient (Wildman–Crippen LogP) is 2.34. The van der Waals surface area contributed by atoms with Gasteiger partial charge < -0.3 is 29.2 Å². The Bertz CT molecular complexity index is 739. The van der Waals surface area contributed by atoms with Crippen LogP contribution in [0.25, 0.3) is 0 Å². The molecule has 0 aromatic heterocycles. The van der Waals surface area contributed by atoms with Crippen LogP contribution in [0.5, 0.6) is 23.0 Å². The summed E-state index contributed by atoms with van der Waals surface area (Å²) in [4.78, 5) is 2.01. The zero-order chi connectivity index (χ0) is 21.1. The highest BCUT2D eigenvalue weighted by atomic mass is 16.5. The molecule has 2 aromatic rings. The van der Waals surface area contributed by atoms with E-state index < -0.39 is 6.10 Å². The van der Waals surface area contributed by atoms with Gasteiger partial charge in [-0.25, -0.2) is 0 Å². The quantitative estimate of drug-likeness (QED) is 0.529. The number of aliphatic hydroxyl groups excluding tert-OH is 2. The molecule has 7 heteroatoms. The Hall–Kier alpha value is -2.48. The van der Waals surface area contributed by atoms with Gasteiger partial charge in [0.25, 0.3) is 0 Å². The van der Waals surface area contributed by atoms with Crippen LogP contribution in [-0.2, 0) is 6.54 Å². The Balaban J connectivity index is 1.86. The van der Waals surface area contributed by atoms with Crippen LogP contribution in [-0.4, -0.2) is 68.3 Å². The molecule has 2 aromatic carbocycles. The molecule has 1 unspecified atom stereocenters. The fourth-order valence-electron chi connectivity index (χ4n) is 2.90. The van der Waals surface area contributed by atoms with E-state index in [9.17, 15) is 5.11 Å². The van der Waals surface area contributed by atoms with Gasteiger partial charge in [0.05, 0.1) is 20.3 Å². The van der Waals surface area contributed by atoms with Crippen molar-refractivity contribution in [2.45, 2.75) is 19.6 Å². The van der Waals surface area contributed by atoms with Crippen molar-refractivity contribution in [1.82, 2.24) is 4.90 Å². The van der Waals surface area contributed by atoms with E-state index in [0.29, 0.717) is 42.7 Å². The number of hydrogen-bond donors (Lipinski definition) is 2. The molecule has 0 aliphatic heterocycles. The molecule has 1 atom stereocenters. The van der Waals surface area contributed by atoms with Crippen LogP contribution < -0.4 is 18.9 Å². The third kappa shape index (κ3) is 7.45. The Labute approximate surface area is 172 Å². The number of aliphatic hydroxyl groups is 2. The summed E-state index contributed by atoms with van der Waals surface area (Å²) in [5, 5.41) is 19.2. The molecule has 0 fully saturated rings. The Morgan fingerprint density at radius 1 is 0.966 bits per heavy atom. The highest BCUT2D eigenvalue weighted by Crippen LogP contribution is 2.29. The van der Waals surface area contributed by atoms with E-state index in [1.807, 2.05) is 61.3 Å². The largest absolute Gasteiger partial charge is 0.493 e. The summed E-state index contributed by atoms with van der Waals surface area (Å²) < 4.78 is 22.1. The number of benzene rings is 2. The van der Waals surface area contributed by atoms with Crippen LogP contribution in [0, 0.1) is 0 Å². The minimum absolute atomic E-state index is 0.0529. The van der Waals surface area contributed by atoms with Crippen LogP contribution in [0.2, 0.25) is 0 Å². The first-order valence-electron chi connectivity index (χ1n) is 9.69. The van der Waals surface area contributed by atoms with Gasteiger partial charge >= 0.3 is 0 Å². The molecule has 0 saturated carbocycles. The summed E-state index contributed by atoms with van der Waals surface area (Å²) >= 11 is 0. The van der Waals surface area contributed by atoms with E-state index in [-0.39, 0.29) is 19.8 Å². The van der Waals surface area contributed by atoms with Crippen molar-refractivity contribution in [1.29, 1.82) is 0 Å². The van der Waals surface area contributed by atoms with Crippen molar-refractivity contribution >= 4 is 0 Å². The zero-order valence-electron chi connectivity index (χ0n) is 17.3. The molecule has 0 heterocycles. The third-order valence-corrected chi connectivity index (χ3v) is 4.13. The third-order valence-electron chi connectivity index (χ3n) is 4.13. The summed E-state index contributed by atoms with van der Waals surface area (Å²) in [5.74, 6) is 2.50. The number of para-hydroxylation sites is 2. The van der Waals surface area contributed by atoms with Gasteiger partial charge in [0.15, 0.2) is 23.0 Å². The second-order valence-electron chi connectivity index (χ2n) is 6.60.